The third-order valence-corrected chi connectivity index (χ3v) is 5.64. The Hall–Kier alpha value is -0.870. The van der Waals surface area contributed by atoms with E-state index in [1.165, 1.54) is 6.92 Å². The van der Waals surface area contributed by atoms with E-state index < -0.39 is 0 Å². The molecule has 0 aromatic heterocycles. The van der Waals surface area contributed by atoms with E-state index in [9.17, 15) is 9.90 Å². The van der Waals surface area contributed by atoms with E-state index in [-0.39, 0.29) is 30.2 Å². The predicted octanol–water partition coefficient (Wildman–Crippen LogP) is 4.92. The topological polar surface area (TPSA) is 66.8 Å². The number of hydrogen-bond acceptors (Lipinski definition) is 4. The molecule has 0 spiro atoms. The molecular formula is C22H40O4. The summed E-state index contributed by atoms with van der Waals surface area (Å²) in [5.41, 5.74) is -0.153. The van der Waals surface area contributed by atoms with Gasteiger partial charge in [-0.2, -0.15) is 0 Å². The monoisotopic (exact) mass is 368 g/mol. The Balaban J connectivity index is 2.61. The largest absolute Gasteiger partial charge is 0.458 e. The lowest BCUT2D eigenvalue weighted by Gasteiger charge is -2.30. The molecule has 1 aliphatic rings. The summed E-state index contributed by atoms with van der Waals surface area (Å²) in [6.45, 7) is 3.91. The highest BCUT2D eigenvalue weighted by atomic mass is 16.5. The second-order valence-electron chi connectivity index (χ2n) is 7.89. The first-order chi connectivity index (χ1) is 12.5. The van der Waals surface area contributed by atoms with Crippen LogP contribution < -0.4 is 0 Å². The summed E-state index contributed by atoms with van der Waals surface area (Å²) in [6.07, 6.45) is 17.2. The van der Waals surface area contributed by atoms with Gasteiger partial charge in [0.1, 0.15) is 6.10 Å². The Labute approximate surface area is 160 Å². The lowest BCUT2D eigenvalue weighted by atomic mass is 9.78. The third-order valence-electron chi connectivity index (χ3n) is 5.64. The SMILES string of the molecule is CCCCCC(C=CC1(CCCCCCCO)CCCC1O)OC(C)=O. The van der Waals surface area contributed by atoms with E-state index in [1.54, 1.807) is 0 Å². The van der Waals surface area contributed by atoms with Crippen LogP contribution in [-0.4, -0.2) is 35.0 Å². The zero-order valence-corrected chi connectivity index (χ0v) is 16.9. The Morgan fingerprint density at radius 1 is 1.19 bits per heavy atom. The summed E-state index contributed by atoms with van der Waals surface area (Å²) in [4.78, 5) is 11.4. The average molecular weight is 369 g/mol. The van der Waals surface area contributed by atoms with Gasteiger partial charge in [-0.3, -0.25) is 4.79 Å². The van der Waals surface area contributed by atoms with Crippen molar-refractivity contribution in [1.82, 2.24) is 0 Å². The fourth-order valence-electron chi connectivity index (χ4n) is 4.05. The highest BCUT2D eigenvalue weighted by Gasteiger charge is 2.39. The predicted molar refractivity (Wildman–Crippen MR) is 106 cm³/mol. The van der Waals surface area contributed by atoms with Gasteiger partial charge in [0.15, 0.2) is 0 Å². The second-order valence-corrected chi connectivity index (χ2v) is 7.89. The van der Waals surface area contributed by atoms with Crippen molar-refractivity contribution in [3.63, 3.8) is 0 Å². The van der Waals surface area contributed by atoms with Crippen LogP contribution in [0.15, 0.2) is 12.2 Å². The third kappa shape index (κ3) is 8.68. The number of carbonyl (C=O) groups is 1. The average Bonchev–Trinajstić information content (AvgIpc) is 2.96. The van der Waals surface area contributed by atoms with Gasteiger partial charge in [-0.25, -0.2) is 0 Å². The normalized spacial score (nSPS) is 24.2. The minimum absolute atomic E-state index is 0.153. The minimum Gasteiger partial charge on any atom is -0.458 e. The Morgan fingerprint density at radius 3 is 2.54 bits per heavy atom. The first kappa shape index (κ1) is 23.2. The fourth-order valence-corrected chi connectivity index (χ4v) is 4.05. The highest BCUT2D eigenvalue weighted by Crippen LogP contribution is 2.44. The highest BCUT2D eigenvalue weighted by molar-refractivity contribution is 5.66. The molecular weight excluding hydrogens is 328 g/mol. The van der Waals surface area contributed by atoms with Crippen LogP contribution in [0.4, 0.5) is 0 Å². The van der Waals surface area contributed by atoms with Crippen LogP contribution >= 0.6 is 0 Å². The van der Waals surface area contributed by atoms with E-state index in [4.69, 9.17) is 9.84 Å². The molecule has 3 atom stereocenters. The molecule has 26 heavy (non-hydrogen) atoms. The van der Waals surface area contributed by atoms with E-state index in [1.807, 2.05) is 6.08 Å². The second kappa shape index (κ2) is 13.3. The van der Waals surface area contributed by atoms with Crippen molar-refractivity contribution in [1.29, 1.82) is 0 Å². The van der Waals surface area contributed by atoms with Crippen LogP contribution in [0.3, 0.4) is 0 Å². The van der Waals surface area contributed by atoms with Crippen LogP contribution in [0.25, 0.3) is 0 Å². The molecule has 152 valence electrons. The van der Waals surface area contributed by atoms with E-state index in [2.05, 4.69) is 13.0 Å². The summed E-state index contributed by atoms with van der Waals surface area (Å²) < 4.78 is 5.48. The smallest absolute Gasteiger partial charge is 0.303 e. The number of carbonyl (C=O) groups excluding carboxylic acids is 1. The molecule has 0 radical (unpaired) electrons. The van der Waals surface area contributed by atoms with Crippen LogP contribution in [0, 0.1) is 5.41 Å². The van der Waals surface area contributed by atoms with Gasteiger partial charge in [-0.1, -0.05) is 51.5 Å². The van der Waals surface area contributed by atoms with E-state index >= 15 is 0 Å². The molecule has 0 saturated heterocycles. The number of esters is 1. The zero-order valence-electron chi connectivity index (χ0n) is 16.9. The Morgan fingerprint density at radius 2 is 1.92 bits per heavy atom. The van der Waals surface area contributed by atoms with Gasteiger partial charge in [0.05, 0.1) is 6.10 Å². The van der Waals surface area contributed by atoms with Crippen LogP contribution in [0.2, 0.25) is 0 Å². The van der Waals surface area contributed by atoms with Crippen molar-refractivity contribution in [2.45, 2.75) is 110 Å². The number of unbranched alkanes of at least 4 members (excludes halogenated alkanes) is 6. The van der Waals surface area contributed by atoms with Crippen molar-refractivity contribution in [3.8, 4) is 0 Å². The van der Waals surface area contributed by atoms with E-state index in [0.717, 1.165) is 83.5 Å². The summed E-state index contributed by atoms with van der Waals surface area (Å²) >= 11 is 0. The van der Waals surface area contributed by atoms with Gasteiger partial charge >= 0.3 is 5.97 Å². The molecule has 0 aromatic rings. The van der Waals surface area contributed by atoms with Crippen LogP contribution in [-0.2, 0) is 9.53 Å². The van der Waals surface area contributed by atoms with E-state index in [0.29, 0.717) is 0 Å². The molecule has 0 aliphatic heterocycles. The van der Waals surface area contributed by atoms with Crippen molar-refractivity contribution in [3.05, 3.63) is 12.2 Å². The van der Waals surface area contributed by atoms with Gasteiger partial charge in [-0.05, 0) is 51.0 Å². The van der Waals surface area contributed by atoms with Crippen molar-refractivity contribution >= 4 is 5.97 Å². The number of aliphatic hydroxyl groups excluding tert-OH is 2. The van der Waals surface area contributed by atoms with Crippen LogP contribution in [0.5, 0.6) is 0 Å². The maximum Gasteiger partial charge on any atom is 0.303 e. The van der Waals surface area contributed by atoms with Gasteiger partial charge < -0.3 is 14.9 Å². The molecule has 1 aliphatic carbocycles. The molecule has 2 N–H and O–H groups in total. The summed E-state index contributed by atoms with van der Waals surface area (Å²) in [5.74, 6) is -0.235. The lowest BCUT2D eigenvalue weighted by Crippen LogP contribution is -2.28. The van der Waals surface area contributed by atoms with Gasteiger partial charge in [0.2, 0.25) is 0 Å². The maximum absolute atomic E-state index is 11.4. The molecule has 1 fully saturated rings. The van der Waals surface area contributed by atoms with Crippen molar-refractivity contribution in [2.24, 2.45) is 5.41 Å². The Bertz CT molecular complexity index is 407. The molecule has 0 amide bonds. The Kier molecular flexibility index (Phi) is 11.9. The molecule has 0 bridgehead atoms. The van der Waals surface area contributed by atoms with Gasteiger partial charge in [-0.15, -0.1) is 0 Å². The summed E-state index contributed by atoms with van der Waals surface area (Å²) in [5, 5.41) is 19.5. The first-order valence-electron chi connectivity index (χ1n) is 10.7. The molecule has 4 nitrogen and oxygen atoms in total. The molecule has 4 heteroatoms. The summed E-state index contributed by atoms with van der Waals surface area (Å²) in [7, 11) is 0. The van der Waals surface area contributed by atoms with Crippen LogP contribution in [0.1, 0.15) is 97.3 Å². The number of rotatable bonds is 14. The van der Waals surface area contributed by atoms with Gasteiger partial charge in [0, 0.05) is 18.9 Å². The summed E-state index contributed by atoms with van der Waals surface area (Å²) in [6, 6.07) is 0. The minimum atomic E-state index is -0.287. The standard InChI is InChI=1S/C22H40O4/c1-3-4-8-12-20(26-19(2)24)14-17-22(16-11-13-21(22)25)15-9-6-5-7-10-18-23/h14,17,20-21,23,25H,3-13,15-16,18H2,1-2H3. The molecule has 1 rings (SSSR count). The molecule has 3 unspecified atom stereocenters. The quantitative estimate of drug-likeness (QED) is 0.259. The molecule has 1 saturated carbocycles. The first-order valence-corrected chi connectivity index (χ1v) is 10.7. The number of aliphatic hydroxyl groups is 2. The van der Waals surface area contributed by atoms with Crippen molar-refractivity contribution in [2.75, 3.05) is 6.61 Å². The fraction of sp³-hybridized carbons (Fsp3) is 0.864. The molecule has 0 aromatic carbocycles. The van der Waals surface area contributed by atoms with Gasteiger partial charge in [0.25, 0.3) is 0 Å². The number of hydrogen-bond donors (Lipinski definition) is 2. The molecule has 0 heterocycles. The van der Waals surface area contributed by atoms with Crippen molar-refractivity contribution < 1.29 is 19.7 Å². The lowest BCUT2D eigenvalue weighted by molar-refractivity contribution is -0.144. The number of ether oxygens (including phenoxy) is 1. The zero-order chi connectivity index (χ0) is 19.3. The maximum atomic E-state index is 11.4.